The molecular formula is C27H34N4O3S. The molecule has 2 aromatic carbocycles. The molecule has 8 heteroatoms. The van der Waals surface area contributed by atoms with Crippen LogP contribution in [0.2, 0.25) is 0 Å². The minimum atomic E-state index is -0.546. The van der Waals surface area contributed by atoms with Gasteiger partial charge in [0.25, 0.3) is 0 Å². The van der Waals surface area contributed by atoms with Crippen LogP contribution in [0.1, 0.15) is 30.5 Å². The van der Waals surface area contributed by atoms with Gasteiger partial charge in [-0.15, -0.1) is 11.3 Å². The third-order valence-corrected chi connectivity index (χ3v) is 7.72. The van der Waals surface area contributed by atoms with Gasteiger partial charge in [-0.3, -0.25) is 9.80 Å². The van der Waals surface area contributed by atoms with Gasteiger partial charge in [0.1, 0.15) is 30.6 Å². The summed E-state index contributed by atoms with van der Waals surface area (Å²) < 4.78 is 13.1. The fourth-order valence-electron chi connectivity index (χ4n) is 5.06. The van der Waals surface area contributed by atoms with Crippen molar-refractivity contribution in [3.05, 3.63) is 59.1 Å². The second-order valence-corrected chi connectivity index (χ2v) is 10.8. The Bertz CT molecular complexity index is 1170. The molecule has 5 rings (SSSR count). The molecule has 2 aliphatic rings. The van der Waals surface area contributed by atoms with Crippen molar-refractivity contribution in [1.29, 1.82) is 0 Å². The molecule has 186 valence electrons. The van der Waals surface area contributed by atoms with Crippen molar-refractivity contribution in [3.8, 4) is 5.75 Å². The van der Waals surface area contributed by atoms with Crippen LogP contribution in [-0.2, 0) is 4.74 Å². The number of aliphatic imine (C=N–C) groups is 1. The van der Waals surface area contributed by atoms with Crippen LogP contribution in [-0.4, -0.2) is 83.3 Å². The third-order valence-electron chi connectivity index (χ3n) is 6.77. The first-order valence-electron chi connectivity index (χ1n) is 12.3. The molecule has 2 aliphatic heterocycles. The highest BCUT2D eigenvalue weighted by atomic mass is 32.1. The molecule has 35 heavy (non-hydrogen) atoms. The molecule has 0 amide bonds. The Morgan fingerprint density at radius 1 is 1.17 bits per heavy atom. The van der Waals surface area contributed by atoms with Crippen LogP contribution in [0.5, 0.6) is 5.75 Å². The van der Waals surface area contributed by atoms with E-state index < -0.39 is 6.10 Å². The van der Waals surface area contributed by atoms with Crippen LogP contribution < -0.4 is 4.74 Å². The molecule has 1 fully saturated rings. The van der Waals surface area contributed by atoms with E-state index in [1.54, 1.807) is 11.3 Å². The molecular weight excluding hydrogens is 460 g/mol. The van der Waals surface area contributed by atoms with E-state index in [0.717, 1.165) is 53.1 Å². The minimum Gasteiger partial charge on any atom is -0.491 e. The maximum atomic E-state index is 10.7. The topological polar surface area (TPSA) is 70.4 Å². The molecule has 0 aliphatic carbocycles. The predicted molar refractivity (Wildman–Crippen MR) is 140 cm³/mol. The highest BCUT2D eigenvalue weighted by molar-refractivity contribution is 7.18. The van der Waals surface area contributed by atoms with Crippen molar-refractivity contribution >= 4 is 27.5 Å². The minimum absolute atomic E-state index is 0.0177. The summed E-state index contributed by atoms with van der Waals surface area (Å²) in [5.74, 6) is 1.52. The first-order chi connectivity index (χ1) is 16.9. The monoisotopic (exact) mass is 494 g/mol. The standard InChI is InChI=1S/C27H34N4O3S/c1-18-14-30(16-25-27(34-19(2)28-25)21-7-5-4-6-8-21)11-12-31(18)15-22(32)17-33-23-9-10-26-24(13-23)29-20(3)35-26/h4-10,13,18,22,25,27,32H,11-12,14-17H2,1-3H3. The smallest absolute Gasteiger partial charge is 0.181 e. The SMILES string of the molecule is CC1=NC(CN2CCN(CC(O)COc3ccc4sc(C)nc4c3)C(C)C2)C(c2ccccc2)O1. The summed E-state index contributed by atoms with van der Waals surface area (Å²) in [6, 6.07) is 16.8. The number of benzene rings is 2. The van der Waals surface area contributed by atoms with Gasteiger partial charge in [-0.1, -0.05) is 30.3 Å². The lowest BCUT2D eigenvalue weighted by Gasteiger charge is -2.41. The summed E-state index contributed by atoms with van der Waals surface area (Å²) in [6.07, 6.45) is -0.564. The number of aliphatic hydroxyl groups excluding tert-OH is 1. The first-order valence-corrected chi connectivity index (χ1v) is 13.2. The molecule has 4 unspecified atom stereocenters. The van der Waals surface area contributed by atoms with Gasteiger partial charge in [0.05, 0.1) is 15.2 Å². The van der Waals surface area contributed by atoms with Crippen LogP contribution in [0, 0.1) is 6.92 Å². The number of nitrogens with zero attached hydrogens (tertiary/aromatic N) is 4. The normalized spacial score (nSPS) is 24.3. The van der Waals surface area contributed by atoms with E-state index in [0.29, 0.717) is 12.6 Å². The van der Waals surface area contributed by atoms with Gasteiger partial charge in [-0.2, -0.15) is 0 Å². The number of aryl methyl sites for hydroxylation is 1. The lowest BCUT2D eigenvalue weighted by Crippen LogP contribution is -2.55. The number of thiazole rings is 1. The number of hydrogen-bond acceptors (Lipinski definition) is 8. The number of hydrogen-bond donors (Lipinski definition) is 1. The summed E-state index contributed by atoms with van der Waals surface area (Å²) in [5.41, 5.74) is 2.13. The molecule has 0 spiro atoms. The average Bonchev–Trinajstić information content (AvgIpc) is 3.40. The number of aromatic nitrogens is 1. The zero-order chi connectivity index (χ0) is 24.4. The van der Waals surface area contributed by atoms with Crippen molar-refractivity contribution in [2.45, 2.75) is 45.1 Å². The van der Waals surface area contributed by atoms with Gasteiger partial charge < -0.3 is 14.6 Å². The Morgan fingerprint density at radius 3 is 2.80 bits per heavy atom. The number of rotatable bonds is 8. The number of ether oxygens (including phenoxy) is 2. The van der Waals surface area contributed by atoms with Crippen LogP contribution in [0.15, 0.2) is 53.5 Å². The van der Waals surface area contributed by atoms with E-state index in [1.165, 1.54) is 5.56 Å². The van der Waals surface area contributed by atoms with Crippen LogP contribution in [0.3, 0.4) is 0 Å². The van der Waals surface area contributed by atoms with Gasteiger partial charge in [0.2, 0.25) is 0 Å². The maximum absolute atomic E-state index is 10.7. The largest absolute Gasteiger partial charge is 0.491 e. The average molecular weight is 495 g/mol. The molecule has 0 bridgehead atoms. The highest BCUT2D eigenvalue weighted by Crippen LogP contribution is 2.30. The van der Waals surface area contributed by atoms with E-state index >= 15 is 0 Å². The lowest BCUT2D eigenvalue weighted by atomic mass is 10.0. The quantitative estimate of drug-likeness (QED) is 0.512. The van der Waals surface area contributed by atoms with Crippen molar-refractivity contribution in [3.63, 3.8) is 0 Å². The summed E-state index contributed by atoms with van der Waals surface area (Å²) in [7, 11) is 0. The van der Waals surface area contributed by atoms with Crippen LogP contribution in [0.4, 0.5) is 0 Å². The van der Waals surface area contributed by atoms with E-state index in [-0.39, 0.29) is 18.8 Å². The number of aliphatic hydroxyl groups is 1. The van der Waals surface area contributed by atoms with E-state index in [1.807, 2.05) is 38.1 Å². The molecule has 4 atom stereocenters. The second kappa shape index (κ2) is 10.6. The number of fused-ring (bicyclic) bond motifs is 1. The Labute approximate surface area is 211 Å². The molecule has 1 aromatic heterocycles. The Kier molecular flexibility index (Phi) is 7.34. The summed E-state index contributed by atoms with van der Waals surface area (Å²) in [4.78, 5) is 14.1. The molecule has 3 aromatic rings. The molecule has 1 saturated heterocycles. The van der Waals surface area contributed by atoms with E-state index in [9.17, 15) is 5.11 Å². The number of β-amino-alcohol motifs (C(OH)–C–C–N with tert-alkyl or cyclic N) is 1. The van der Waals surface area contributed by atoms with Gasteiger partial charge in [-0.05, 0) is 31.5 Å². The molecule has 1 N–H and O–H groups in total. The van der Waals surface area contributed by atoms with Gasteiger partial charge >= 0.3 is 0 Å². The van der Waals surface area contributed by atoms with Crippen molar-refractivity contribution in [1.82, 2.24) is 14.8 Å². The predicted octanol–water partition coefficient (Wildman–Crippen LogP) is 3.91. The van der Waals surface area contributed by atoms with Gasteiger partial charge in [0.15, 0.2) is 5.90 Å². The van der Waals surface area contributed by atoms with Crippen molar-refractivity contribution in [2.75, 3.05) is 39.3 Å². The lowest BCUT2D eigenvalue weighted by molar-refractivity contribution is 0.0178. The maximum Gasteiger partial charge on any atom is 0.181 e. The molecule has 7 nitrogen and oxygen atoms in total. The zero-order valence-corrected chi connectivity index (χ0v) is 21.4. The Morgan fingerprint density at radius 2 is 2.00 bits per heavy atom. The first kappa shape index (κ1) is 24.2. The summed E-state index contributed by atoms with van der Waals surface area (Å²) in [6.45, 7) is 10.7. The Balaban J connectivity index is 1.10. The fourth-order valence-corrected chi connectivity index (χ4v) is 5.87. The van der Waals surface area contributed by atoms with Crippen LogP contribution >= 0.6 is 11.3 Å². The third kappa shape index (κ3) is 5.83. The fraction of sp³-hybridized carbons (Fsp3) is 0.481. The molecule has 3 heterocycles. The summed E-state index contributed by atoms with van der Waals surface area (Å²) in [5, 5.41) is 11.7. The van der Waals surface area contributed by atoms with Gasteiger partial charge in [-0.25, -0.2) is 9.98 Å². The number of piperazine rings is 1. The highest BCUT2D eigenvalue weighted by Gasteiger charge is 2.34. The van der Waals surface area contributed by atoms with Crippen molar-refractivity contribution < 1.29 is 14.6 Å². The Hall–Kier alpha value is -2.52. The zero-order valence-electron chi connectivity index (χ0n) is 20.6. The van der Waals surface area contributed by atoms with Crippen LogP contribution in [0.25, 0.3) is 10.2 Å². The summed E-state index contributed by atoms with van der Waals surface area (Å²) >= 11 is 1.68. The molecule has 0 radical (unpaired) electrons. The molecule has 0 saturated carbocycles. The van der Waals surface area contributed by atoms with Crippen molar-refractivity contribution in [2.24, 2.45) is 4.99 Å². The van der Waals surface area contributed by atoms with E-state index in [2.05, 4.69) is 46.0 Å². The van der Waals surface area contributed by atoms with Gasteiger partial charge in [0, 0.05) is 51.8 Å². The van der Waals surface area contributed by atoms with E-state index in [4.69, 9.17) is 14.5 Å². The second-order valence-electron chi connectivity index (χ2n) is 9.60.